The molecule has 0 radical (unpaired) electrons. The number of hydrogen-bond acceptors (Lipinski definition) is 2. The average molecular weight is 501 g/mol. The van der Waals surface area contributed by atoms with Crippen molar-refractivity contribution < 1.29 is 8.83 Å². The van der Waals surface area contributed by atoms with Gasteiger partial charge in [0.2, 0.25) is 0 Å². The van der Waals surface area contributed by atoms with Crippen molar-refractivity contribution in [1.82, 2.24) is 0 Å². The molecule has 184 valence electrons. The number of hydrogen-bond donors (Lipinski definition) is 0. The topological polar surface area (TPSA) is 26.3 Å². The Hall–Kier alpha value is -4.82. The monoisotopic (exact) mass is 500 g/mol. The number of furan rings is 2. The van der Waals surface area contributed by atoms with Gasteiger partial charge in [0.15, 0.2) is 0 Å². The zero-order valence-electron chi connectivity index (χ0n) is 21.7. The highest BCUT2D eigenvalue weighted by Crippen LogP contribution is 2.49. The molecule has 0 saturated heterocycles. The molecule has 0 fully saturated rings. The minimum absolute atomic E-state index is 0.0218. The van der Waals surface area contributed by atoms with E-state index in [1.807, 2.05) is 12.1 Å². The molecule has 0 N–H and O–H groups in total. The maximum Gasteiger partial charge on any atom is 0.136 e. The first-order chi connectivity index (χ1) is 19.1. The van der Waals surface area contributed by atoms with Gasteiger partial charge in [-0.3, -0.25) is 0 Å². The van der Waals surface area contributed by atoms with E-state index in [1.165, 1.54) is 38.8 Å². The fraction of sp³-hybridized carbons (Fsp3) is 0.0811. The van der Waals surface area contributed by atoms with E-state index in [4.69, 9.17) is 8.83 Å². The Bertz CT molecular complexity index is 2310. The van der Waals surface area contributed by atoms with E-state index >= 15 is 0 Å². The predicted molar refractivity (Wildman–Crippen MR) is 162 cm³/mol. The fourth-order valence-electron chi connectivity index (χ4n) is 6.88. The molecule has 0 unspecified atom stereocenters. The van der Waals surface area contributed by atoms with Gasteiger partial charge in [-0.25, -0.2) is 0 Å². The lowest BCUT2D eigenvalue weighted by Gasteiger charge is -2.22. The molecule has 8 aromatic rings. The lowest BCUT2D eigenvalue weighted by Crippen LogP contribution is -2.14. The summed E-state index contributed by atoms with van der Waals surface area (Å²) in [6.45, 7) is 4.67. The molecule has 2 nitrogen and oxygen atoms in total. The van der Waals surface area contributed by atoms with Gasteiger partial charge in [-0.15, -0.1) is 0 Å². The summed E-state index contributed by atoms with van der Waals surface area (Å²) in [5, 5.41) is 6.92. The molecule has 0 amide bonds. The molecular weight excluding hydrogens is 476 g/mol. The van der Waals surface area contributed by atoms with Crippen molar-refractivity contribution >= 4 is 54.6 Å². The smallest absolute Gasteiger partial charge is 0.136 e. The summed E-state index contributed by atoms with van der Waals surface area (Å²) < 4.78 is 12.5. The second-order valence-corrected chi connectivity index (χ2v) is 11.4. The second-order valence-electron chi connectivity index (χ2n) is 11.4. The SMILES string of the molecule is CC1(C)c2ccccc2-c2ccc(-c3ccc4oc5cc6ccc7oc8ccccc8c7c6cc5c4c3)cc21. The fourth-order valence-corrected chi connectivity index (χ4v) is 6.88. The van der Waals surface area contributed by atoms with Crippen molar-refractivity contribution in [3.05, 3.63) is 120 Å². The minimum atomic E-state index is -0.0218. The Balaban J connectivity index is 1.27. The lowest BCUT2D eigenvalue weighted by molar-refractivity contribution is 0.660. The molecule has 2 heterocycles. The van der Waals surface area contributed by atoms with E-state index in [1.54, 1.807) is 0 Å². The van der Waals surface area contributed by atoms with Crippen LogP contribution in [0.3, 0.4) is 0 Å². The highest BCUT2D eigenvalue weighted by atomic mass is 16.3. The van der Waals surface area contributed by atoms with E-state index in [2.05, 4.69) is 111 Å². The van der Waals surface area contributed by atoms with Gasteiger partial charge in [-0.1, -0.05) is 80.6 Å². The number of rotatable bonds is 1. The molecule has 1 aliphatic carbocycles. The summed E-state index contributed by atoms with van der Waals surface area (Å²) in [5.41, 5.74) is 11.5. The van der Waals surface area contributed by atoms with Crippen LogP contribution in [-0.2, 0) is 5.41 Å². The van der Waals surface area contributed by atoms with Crippen molar-refractivity contribution in [3.8, 4) is 22.3 Å². The van der Waals surface area contributed by atoms with Gasteiger partial charge < -0.3 is 8.83 Å². The maximum atomic E-state index is 6.36. The van der Waals surface area contributed by atoms with Crippen LogP contribution in [0.1, 0.15) is 25.0 Å². The summed E-state index contributed by atoms with van der Waals surface area (Å²) in [6, 6.07) is 39.3. The zero-order chi connectivity index (χ0) is 25.9. The standard InChI is InChI=1S/C37H24O2/c1-37(2)30-9-5-3-7-24(30)25-14-11-22(18-31(25)37)21-12-15-33-28(17-21)29-20-27-23(19-35(29)39-33)13-16-34-36(27)26-8-4-6-10-32(26)38-34/h3-20H,1-2H3. The Morgan fingerprint density at radius 1 is 0.462 bits per heavy atom. The molecule has 9 rings (SSSR count). The van der Waals surface area contributed by atoms with Gasteiger partial charge in [0.05, 0.1) is 0 Å². The van der Waals surface area contributed by atoms with Gasteiger partial charge in [0.1, 0.15) is 22.3 Å². The summed E-state index contributed by atoms with van der Waals surface area (Å²) in [5.74, 6) is 0. The van der Waals surface area contributed by atoms with Crippen molar-refractivity contribution in [2.75, 3.05) is 0 Å². The Morgan fingerprint density at radius 2 is 1.15 bits per heavy atom. The molecule has 2 aromatic heterocycles. The van der Waals surface area contributed by atoms with Crippen molar-refractivity contribution in [2.24, 2.45) is 0 Å². The molecular formula is C37H24O2. The number of benzene rings is 6. The zero-order valence-corrected chi connectivity index (χ0v) is 21.7. The van der Waals surface area contributed by atoms with E-state index in [-0.39, 0.29) is 5.41 Å². The highest BCUT2D eigenvalue weighted by Gasteiger charge is 2.35. The molecule has 39 heavy (non-hydrogen) atoms. The molecule has 1 aliphatic rings. The molecule has 0 aliphatic heterocycles. The van der Waals surface area contributed by atoms with E-state index in [0.29, 0.717) is 0 Å². The van der Waals surface area contributed by atoms with Crippen LogP contribution in [-0.4, -0.2) is 0 Å². The average Bonchev–Trinajstić information content (AvgIpc) is 3.59. The Labute approximate surface area is 225 Å². The van der Waals surface area contributed by atoms with Gasteiger partial charge in [0, 0.05) is 27.0 Å². The second kappa shape index (κ2) is 7.18. The lowest BCUT2D eigenvalue weighted by atomic mass is 9.81. The van der Waals surface area contributed by atoms with Crippen LogP contribution in [0.25, 0.3) is 76.9 Å². The minimum Gasteiger partial charge on any atom is -0.456 e. The third-order valence-electron chi connectivity index (χ3n) is 8.86. The molecule has 0 saturated carbocycles. The first-order valence-electron chi connectivity index (χ1n) is 13.5. The van der Waals surface area contributed by atoms with Crippen LogP contribution in [0.15, 0.2) is 118 Å². The predicted octanol–water partition coefficient (Wildman–Crippen LogP) is 10.6. The molecule has 6 aromatic carbocycles. The van der Waals surface area contributed by atoms with Gasteiger partial charge in [-0.2, -0.15) is 0 Å². The summed E-state index contributed by atoms with van der Waals surface area (Å²) in [7, 11) is 0. The van der Waals surface area contributed by atoms with Gasteiger partial charge >= 0.3 is 0 Å². The van der Waals surface area contributed by atoms with Crippen LogP contribution >= 0.6 is 0 Å². The van der Waals surface area contributed by atoms with Crippen LogP contribution in [0.4, 0.5) is 0 Å². The van der Waals surface area contributed by atoms with Crippen LogP contribution < -0.4 is 0 Å². The Kier molecular flexibility index (Phi) is 3.89. The number of para-hydroxylation sites is 1. The molecule has 0 atom stereocenters. The van der Waals surface area contributed by atoms with E-state index in [9.17, 15) is 0 Å². The largest absolute Gasteiger partial charge is 0.456 e. The first-order valence-corrected chi connectivity index (χ1v) is 13.5. The van der Waals surface area contributed by atoms with Crippen LogP contribution in [0, 0.1) is 0 Å². The third-order valence-corrected chi connectivity index (χ3v) is 8.86. The summed E-state index contributed by atoms with van der Waals surface area (Å²) in [4.78, 5) is 0. The summed E-state index contributed by atoms with van der Waals surface area (Å²) in [6.07, 6.45) is 0. The van der Waals surface area contributed by atoms with Gasteiger partial charge in [-0.05, 0) is 86.6 Å². The third kappa shape index (κ3) is 2.76. The van der Waals surface area contributed by atoms with Crippen molar-refractivity contribution in [2.45, 2.75) is 19.3 Å². The van der Waals surface area contributed by atoms with E-state index in [0.717, 1.165) is 49.3 Å². The molecule has 0 bridgehead atoms. The highest BCUT2D eigenvalue weighted by molar-refractivity contribution is 6.22. The number of fused-ring (bicyclic) bond motifs is 11. The molecule has 0 spiro atoms. The quantitative estimate of drug-likeness (QED) is 0.224. The molecule has 2 heteroatoms. The van der Waals surface area contributed by atoms with Crippen LogP contribution in [0.2, 0.25) is 0 Å². The van der Waals surface area contributed by atoms with Gasteiger partial charge in [0.25, 0.3) is 0 Å². The first kappa shape index (κ1) is 21.2. The normalized spacial score (nSPS) is 14.1. The van der Waals surface area contributed by atoms with Crippen LogP contribution in [0.5, 0.6) is 0 Å². The Morgan fingerprint density at radius 3 is 2.10 bits per heavy atom. The maximum absolute atomic E-state index is 6.36. The van der Waals surface area contributed by atoms with Crippen molar-refractivity contribution in [1.29, 1.82) is 0 Å². The summed E-state index contributed by atoms with van der Waals surface area (Å²) >= 11 is 0. The van der Waals surface area contributed by atoms with E-state index < -0.39 is 0 Å². The van der Waals surface area contributed by atoms with Crippen molar-refractivity contribution in [3.63, 3.8) is 0 Å².